The lowest BCUT2D eigenvalue weighted by molar-refractivity contribution is -0.232. The summed E-state index contributed by atoms with van der Waals surface area (Å²) in [7, 11) is 3.12. The molecule has 0 aromatic heterocycles. The van der Waals surface area contributed by atoms with Crippen molar-refractivity contribution >= 4 is 11.6 Å². The summed E-state index contributed by atoms with van der Waals surface area (Å²) in [4.78, 5) is 17.8. The quantitative estimate of drug-likeness (QED) is 0.797. The van der Waals surface area contributed by atoms with Gasteiger partial charge in [-0.15, -0.1) is 0 Å². The van der Waals surface area contributed by atoms with Gasteiger partial charge in [0.15, 0.2) is 11.5 Å². The van der Waals surface area contributed by atoms with Crippen LogP contribution in [0.5, 0.6) is 17.2 Å². The van der Waals surface area contributed by atoms with Gasteiger partial charge in [0.1, 0.15) is 5.72 Å². The third-order valence-electron chi connectivity index (χ3n) is 9.21. The zero-order chi connectivity index (χ0) is 21.6. The Labute approximate surface area is 183 Å². The van der Waals surface area contributed by atoms with E-state index in [1.807, 2.05) is 17.9 Å². The first-order valence-corrected chi connectivity index (χ1v) is 11.7. The lowest BCUT2D eigenvalue weighted by atomic mass is 9.50. The molecule has 4 heterocycles. The second-order valence-electron chi connectivity index (χ2n) is 9.86. The van der Waals surface area contributed by atoms with Crippen LogP contribution >= 0.6 is 0 Å². The lowest BCUT2D eigenvalue weighted by Gasteiger charge is -2.62. The number of benzene rings is 1. The molecule has 0 radical (unpaired) electrons. The minimum absolute atomic E-state index is 0.0108. The van der Waals surface area contributed by atoms with E-state index < -0.39 is 5.72 Å². The average Bonchev–Trinajstić information content (AvgIpc) is 3.43. The smallest absolute Gasteiger partial charge is 0.227 e. The summed E-state index contributed by atoms with van der Waals surface area (Å²) in [6.07, 6.45) is 6.77. The summed E-state index contributed by atoms with van der Waals surface area (Å²) in [5, 5.41) is 11.4. The molecule has 1 amide bonds. The van der Waals surface area contributed by atoms with E-state index >= 15 is 0 Å². The number of aromatic hydroxyl groups is 1. The number of methoxy groups -OCH3 is 2. The van der Waals surface area contributed by atoms with Gasteiger partial charge in [0.05, 0.1) is 31.4 Å². The van der Waals surface area contributed by atoms with E-state index in [-0.39, 0.29) is 28.5 Å². The standard InChI is InChI=1S/C24H32N2O5/c1-4-18(27)26-17-6-8-22-7-5-11-25-12-9-23(17,24(22,25)31-13-10-22)15-14-16(29-2)21(30-3)20(28)19(15)26/h14,17,28H,4-13H2,1-3H3/t17?,22-,23-,24+/m1/s1. The minimum atomic E-state index is -0.412. The summed E-state index contributed by atoms with van der Waals surface area (Å²) in [6, 6.07) is 2.00. The Morgan fingerprint density at radius 1 is 1.23 bits per heavy atom. The second kappa shape index (κ2) is 6.29. The highest BCUT2D eigenvalue weighted by Gasteiger charge is 2.80. The Bertz CT molecular complexity index is 966. The molecule has 4 atom stereocenters. The van der Waals surface area contributed by atoms with Crippen molar-refractivity contribution < 1.29 is 24.1 Å². The molecule has 2 spiro atoms. The number of amides is 1. The van der Waals surface area contributed by atoms with E-state index in [9.17, 15) is 9.90 Å². The zero-order valence-corrected chi connectivity index (χ0v) is 18.7. The Hall–Kier alpha value is -1.99. The van der Waals surface area contributed by atoms with E-state index in [1.54, 1.807) is 7.11 Å². The van der Waals surface area contributed by atoms with Gasteiger partial charge < -0.3 is 24.2 Å². The fourth-order valence-corrected chi connectivity index (χ4v) is 8.33. The first-order chi connectivity index (χ1) is 15.0. The maximum absolute atomic E-state index is 13.3. The Kier molecular flexibility index (Phi) is 3.99. The van der Waals surface area contributed by atoms with Gasteiger partial charge >= 0.3 is 0 Å². The van der Waals surface area contributed by atoms with E-state index in [0.29, 0.717) is 23.6 Å². The van der Waals surface area contributed by atoms with Gasteiger partial charge in [0, 0.05) is 31.5 Å². The second-order valence-corrected chi connectivity index (χ2v) is 9.86. The molecule has 6 rings (SSSR count). The van der Waals surface area contributed by atoms with Gasteiger partial charge in [-0.3, -0.25) is 9.69 Å². The van der Waals surface area contributed by atoms with Crippen LogP contribution in [0.4, 0.5) is 5.69 Å². The van der Waals surface area contributed by atoms with Gasteiger partial charge in [-0.25, -0.2) is 0 Å². The van der Waals surface area contributed by atoms with Gasteiger partial charge in [-0.2, -0.15) is 0 Å². The Balaban J connectivity index is 1.69. The molecule has 7 heteroatoms. The highest BCUT2D eigenvalue weighted by atomic mass is 16.5. The zero-order valence-electron chi connectivity index (χ0n) is 18.7. The third-order valence-corrected chi connectivity index (χ3v) is 9.21. The van der Waals surface area contributed by atoms with Crippen LogP contribution in [0.3, 0.4) is 0 Å². The first-order valence-electron chi connectivity index (χ1n) is 11.7. The molecule has 1 unspecified atom stereocenters. The predicted octanol–water partition coefficient (Wildman–Crippen LogP) is 3.17. The van der Waals surface area contributed by atoms with Crippen molar-refractivity contribution in [2.24, 2.45) is 5.41 Å². The number of nitrogens with zero attached hydrogens (tertiary/aromatic N) is 2. The van der Waals surface area contributed by atoms with Gasteiger partial charge in [0.25, 0.3) is 0 Å². The highest BCUT2D eigenvalue weighted by Crippen LogP contribution is 2.74. The molecule has 1 N–H and O–H groups in total. The highest BCUT2D eigenvalue weighted by molar-refractivity contribution is 6.00. The Morgan fingerprint density at radius 2 is 2.06 bits per heavy atom. The number of phenolic OH excluding ortho intramolecular Hbond substituents is 1. The monoisotopic (exact) mass is 428 g/mol. The van der Waals surface area contributed by atoms with Crippen LogP contribution in [0, 0.1) is 5.41 Å². The number of piperidine rings is 1. The molecule has 1 aromatic rings. The first kappa shape index (κ1) is 19.7. The number of hydrogen-bond donors (Lipinski definition) is 1. The molecule has 1 aromatic carbocycles. The molecule has 0 bridgehead atoms. The average molecular weight is 429 g/mol. The molecule has 168 valence electrons. The maximum atomic E-state index is 13.3. The van der Waals surface area contributed by atoms with Gasteiger partial charge in [0.2, 0.25) is 11.7 Å². The summed E-state index contributed by atoms with van der Waals surface area (Å²) >= 11 is 0. The van der Waals surface area contributed by atoms with Crippen LogP contribution in [0.1, 0.15) is 57.4 Å². The van der Waals surface area contributed by atoms with E-state index in [1.165, 1.54) is 20.0 Å². The van der Waals surface area contributed by atoms with Crippen molar-refractivity contribution in [3.8, 4) is 17.2 Å². The molecule has 1 aliphatic carbocycles. The molecule has 7 nitrogen and oxygen atoms in total. The summed E-state index contributed by atoms with van der Waals surface area (Å²) in [5.74, 6) is 0.857. The van der Waals surface area contributed by atoms with E-state index in [0.717, 1.165) is 50.9 Å². The van der Waals surface area contributed by atoms with E-state index in [2.05, 4.69) is 4.90 Å². The van der Waals surface area contributed by atoms with Crippen molar-refractivity contribution in [2.45, 2.75) is 69.1 Å². The molecular weight excluding hydrogens is 396 g/mol. The summed E-state index contributed by atoms with van der Waals surface area (Å²) in [6.45, 7) is 4.65. The number of fused-ring (bicyclic) bond motifs is 1. The fraction of sp³-hybridized carbons (Fsp3) is 0.708. The van der Waals surface area contributed by atoms with Crippen LogP contribution in [0.25, 0.3) is 0 Å². The van der Waals surface area contributed by atoms with Crippen LogP contribution in [0.2, 0.25) is 0 Å². The lowest BCUT2D eigenvalue weighted by Crippen LogP contribution is -2.73. The van der Waals surface area contributed by atoms with Gasteiger partial charge in [-0.1, -0.05) is 6.92 Å². The van der Waals surface area contributed by atoms with Crippen LogP contribution < -0.4 is 14.4 Å². The fourth-order valence-electron chi connectivity index (χ4n) is 8.33. The molecule has 31 heavy (non-hydrogen) atoms. The number of ether oxygens (including phenoxy) is 3. The van der Waals surface area contributed by atoms with Crippen LogP contribution in [-0.2, 0) is 14.9 Å². The summed E-state index contributed by atoms with van der Waals surface area (Å²) in [5.41, 5.74) is 0.959. The van der Waals surface area contributed by atoms with Crippen molar-refractivity contribution in [2.75, 3.05) is 38.8 Å². The third kappa shape index (κ3) is 1.93. The van der Waals surface area contributed by atoms with Crippen molar-refractivity contribution in [3.63, 3.8) is 0 Å². The normalized spacial score (nSPS) is 37.8. The van der Waals surface area contributed by atoms with Crippen molar-refractivity contribution in [1.82, 2.24) is 4.90 Å². The molecular formula is C24H32N2O5. The van der Waals surface area contributed by atoms with Crippen LogP contribution in [0.15, 0.2) is 6.07 Å². The van der Waals surface area contributed by atoms with Gasteiger partial charge in [-0.05, 0) is 50.2 Å². The molecule has 4 fully saturated rings. The predicted molar refractivity (Wildman–Crippen MR) is 115 cm³/mol. The molecule has 1 saturated carbocycles. The van der Waals surface area contributed by atoms with Crippen LogP contribution in [-0.4, -0.2) is 61.6 Å². The molecule has 5 aliphatic rings. The number of anilines is 1. The molecule has 3 saturated heterocycles. The number of phenols is 1. The summed E-state index contributed by atoms with van der Waals surface area (Å²) < 4.78 is 18.0. The van der Waals surface area contributed by atoms with Crippen molar-refractivity contribution in [3.05, 3.63) is 11.6 Å². The maximum Gasteiger partial charge on any atom is 0.227 e. The molecule has 4 aliphatic heterocycles. The number of hydrogen-bond acceptors (Lipinski definition) is 6. The Morgan fingerprint density at radius 3 is 2.81 bits per heavy atom. The number of rotatable bonds is 3. The SMILES string of the molecule is CCC(=O)N1c2c(cc(OC)c(OC)c2O)[C@@]23CCN4CCC[C@]5(CCO[C@@]452)CCC13. The topological polar surface area (TPSA) is 71.5 Å². The van der Waals surface area contributed by atoms with Crippen molar-refractivity contribution in [1.29, 1.82) is 0 Å². The largest absolute Gasteiger partial charge is 0.503 e. The minimum Gasteiger partial charge on any atom is -0.503 e. The van der Waals surface area contributed by atoms with E-state index in [4.69, 9.17) is 14.2 Å². The number of carbonyl (C=O) groups is 1. The number of carbonyl (C=O) groups excluding carboxylic acids is 1.